The van der Waals surface area contributed by atoms with E-state index in [1.54, 1.807) is 0 Å². The van der Waals surface area contributed by atoms with Gasteiger partial charge in [0.2, 0.25) is 0 Å². The molecule has 0 N–H and O–H groups in total. The van der Waals surface area contributed by atoms with Gasteiger partial charge in [0.05, 0.1) is 14.2 Å². The Morgan fingerprint density at radius 1 is 0.889 bits per heavy atom. The lowest BCUT2D eigenvalue weighted by Crippen LogP contribution is -2.18. The maximum absolute atomic E-state index is 11.7. The summed E-state index contributed by atoms with van der Waals surface area (Å²) < 4.78 is 34.3. The molecule has 0 heterocycles. The fraction of sp³-hybridized carbons (Fsp3) is 0.556. The number of methoxy groups -OCH3 is 2. The first kappa shape index (κ1) is 16.6. The van der Waals surface area contributed by atoms with Crippen molar-refractivity contribution in [2.24, 2.45) is 0 Å². The first-order valence-corrected chi connectivity index (χ1v) is 6.09. The molecule has 9 heteroatoms. The third kappa shape index (κ3) is 4.14. The predicted molar refractivity (Wildman–Crippen MR) is 59.4 cm³/mol. The highest BCUT2D eigenvalue weighted by Gasteiger charge is 2.31. The third-order valence-corrected chi connectivity index (χ3v) is 3.22. The van der Waals surface area contributed by atoms with Crippen LogP contribution in [0.15, 0.2) is 11.3 Å². The van der Waals surface area contributed by atoms with Gasteiger partial charge in [0.1, 0.15) is 5.76 Å². The number of carbonyl (C=O) groups excluding carboxylic acids is 2. The number of rotatable bonds is 6. The van der Waals surface area contributed by atoms with Crippen LogP contribution in [0.5, 0.6) is 0 Å². The van der Waals surface area contributed by atoms with E-state index in [1.165, 1.54) is 6.92 Å². The van der Waals surface area contributed by atoms with Gasteiger partial charge in [0.15, 0.2) is 5.57 Å². The Hall–Kier alpha value is -1.37. The summed E-state index contributed by atoms with van der Waals surface area (Å²) in [6.07, 6.45) is 0. The van der Waals surface area contributed by atoms with Crippen molar-refractivity contribution in [1.82, 2.24) is 0 Å². The number of hydrogen-bond acceptors (Lipinski definition) is 8. The van der Waals surface area contributed by atoms with E-state index in [4.69, 9.17) is 4.52 Å². The van der Waals surface area contributed by atoms with Crippen LogP contribution in [0.3, 0.4) is 0 Å². The summed E-state index contributed by atoms with van der Waals surface area (Å²) in [5.41, 5.74) is -0.533. The van der Waals surface area contributed by atoms with Gasteiger partial charge in [-0.3, -0.25) is 9.05 Å². The molecule has 0 aromatic heterocycles. The molecule has 0 aromatic rings. The smallest absolute Gasteiger partial charge is 0.465 e. The van der Waals surface area contributed by atoms with Gasteiger partial charge >= 0.3 is 19.8 Å². The predicted octanol–water partition coefficient (Wildman–Crippen LogP) is 1.02. The Balaban J connectivity index is 5.41. The number of ether oxygens (including phenoxy) is 2. The highest BCUT2D eigenvalue weighted by molar-refractivity contribution is 7.48. The highest BCUT2D eigenvalue weighted by Crippen LogP contribution is 2.49. The van der Waals surface area contributed by atoms with Crippen molar-refractivity contribution in [3.8, 4) is 0 Å². The van der Waals surface area contributed by atoms with Crippen LogP contribution in [0.4, 0.5) is 0 Å². The lowest BCUT2D eigenvalue weighted by molar-refractivity contribution is -0.144. The average Bonchev–Trinajstić information content (AvgIpc) is 2.37. The van der Waals surface area contributed by atoms with Crippen molar-refractivity contribution < 1.29 is 37.2 Å². The van der Waals surface area contributed by atoms with Gasteiger partial charge in [-0.05, 0) is 6.92 Å². The maximum atomic E-state index is 11.7. The Kier molecular flexibility index (Phi) is 6.61. The lowest BCUT2D eigenvalue weighted by Gasteiger charge is -2.16. The van der Waals surface area contributed by atoms with Gasteiger partial charge < -0.3 is 14.0 Å². The number of hydrogen-bond donors (Lipinski definition) is 0. The van der Waals surface area contributed by atoms with E-state index in [9.17, 15) is 14.2 Å². The van der Waals surface area contributed by atoms with E-state index >= 15 is 0 Å². The fourth-order valence-corrected chi connectivity index (χ4v) is 1.66. The highest BCUT2D eigenvalue weighted by atomic mass is 31.2. The topological polar surface area (TPSA) is 97.4 Å². The largest absolute Gasteiger partial charge is 0.529 e. The molecule has 0 atom stereocenters. The van der Waals surface area contributed by atoms with E-state index in [-0.39, 0.29) is 5.76 Å². The molecule has 0 aromatic carbocycles. The molecule has 0 aliphatic rings. The van der Waals surface area contributed by atoms with Gasteiger partial charge in [0.25, 0.3) is 0 Å². The zero-order chi connectivity index (χ0) is 14.3. The standard InChI is InChI=1S/C9H15O8P/c1-6(17-18(12,15-4)16-5)7(8(10)13-2)9(11)14-3/h1-5H3. The number of esters is 2. The Morgan fingerprint density at radius 3 is 1.56 bits per heavy atom. The summed E-state index contributed by atoms with van der Waals surface area (Å²) in [5, 5.41) is 0. The van der Waals surface area contributed by atoms with Crippen LogP contribution in [0.2, 0.25) is 0 Å². The van der Waals surface area contributed by atoms with Gasteiger partial charge in [-0.2, -0.15) is 0 Å². The molecule has 8 nitrogen and oxygen atoms in total. The monoisotopic (exact) mass is 282 g/mol. The van der Waals surface area contributed by atoms with Crippen molar-refractivity contribution >= 4 is 19.8 Å². The number of phosphoric ester groups is 1. The van der Waals surface area contributed by atoms with Crippen molar-refractivity contribution in [3.63, 3.8) is 0 Å². The molecule has 0 radical (unpaired) electrons. The van der Waals surface area contributed by atoms with Crippen LogP contribution in [0.25, 0.3) is 0 Å². The first-order valence-electron chi connectivity index (χ1n) is 4.63. The lowest BCUT2D eigenvalue weighted by atomic mass is 10.2. The van der Waals surface area contributed by atoms with E-state index in [0.717, 1.165) is 28.4 Å². The molecule has 0 unspecified atom stereocenters. The summed E-state index contributed by atoms with van der Waals surface area (Å²) in [5.74, 6) is -2.27. The Bertz CT molecular complexity index is 373. The van der Waals surface area contributed by atoms with Crippen molar-refractivity contribution in [2.75, 3.05) is 28.4 Å². The van der Waals surface area contributed by atoms with Crippen LogP contribution in [-0.2, 0) is 37.2 Å². The summed E-state index contributed by atoms with van der Waals surface area (Å²) in [6.45, 7) is 1.23. The molecule has 0 spiro atoms. The number of carbonyl (C=O) groups is 2. The van der Waals surface area contributed by atoms with Crippen molar-refractivity contribution in [1.29, 1.82) is 0 Å². The molecule has 0 saturated heterocycles. The minimum Gasteiger partial charge on any atom is -0.465 e. The van der Waals surface area contributed by atoms with Gasteiger partial charge in [-0.1, -0.05) is 0 Å². The van der Waals surface area contributed by atoms with Crippen LogP contribution in [0, 0.1) is 0 Å². The van der Waals surface area contributed by atoms with Crippen LogP contribution in [0.1, 0.15) is 6.92 Å². The normalized spacial score (nSPS) is 10.5. The van der Waals surface area contributed by atoms with Crippen molar-refractivity contribution in [3.05, 3.63) is 11.3 Å². The van der Waals surface area contributed by atoms with Crippen LogP contribution < -0.4 is 0 Å². The molecule has 0 saturated carbocycles. The summed E-state index contributed by atoms with van der Waals surface area (Å²) in [7, 11) is 0.465. The van der Waals surface area contributed by atoms with Gasteiger partial charge in [-0.15, -0.1) is 0 Å². The summed E-state index contributed by atoms with van der Waals surface area (Å²) in [4.78, 5) is 22.8. The summed E-state index contributed by atoms with van der Waals surface area (Å²) >= 11 is 0. The zero-order valence-electron chi connectivity index (χ0n) is 10.7. The van der Waals surface area contributed by atoms with E-state index < -0.39 is 25.3 Å². The number of phosphoric acid groups is 1. The average molecular weight is 282 g/mol. The molecular formula is C9H15O8P. The number of allylic oxidation sites excluding steroid dienone is 1. The molecule has 0 amide bonds. The van der Waals surface area contributed by atoms with Crippen LogP contribution in [-0.4, -0.2) is 40.4 Å². The molecule has 0 bridgehead atoms. The molecule has 104 valence electrons. The SMILES string of the molecule is COC(=O)C(C(=O)OC)=C(C)OP(=O)(OC)OC. The zero-order valence-corrected chi connectivity index (χ0v) is 11.6. The molecule has 0 rings (SSSR count). The van der Waals surface area contributed by atoms with Gasteiger partial charge in [0, 0.05) is 14.2 Å². The minimum atomic E-state index is -3.86. The van der Waals surface area contributed by atoms with E-state index in [1.807, 2.05) is 0 Å². The second kappa shape index (κ2) is 7.15. The fourth-order valence-electron chi connectivity index (χ4n) is 0.937. The Labute approximate surface area is 104 Å². The summed E-state index contributed by atoms with van der Waals surface area (Å²) in [6, 6.07) is 0. The second-order valence-corrected chi connectivity index (χ2v) is 4.63. The molecule has 0 aliphatic heterocycles. The maximum Gasteiger partial charge on any atom is 0.529 e. The second-order valence-electron chi connectivity index (χ2n) is 2.82. The minimum absolute atomic E-state index is 0.291. The first-order chi connectivity index (χ1) is 8.35. The third-order valence-electron chi connectivity index (χ3n) is 1.83. The van der Waals surface area contributed by atoms with Gasteiger partial charge in [-0.25, -0.2) is 14.2 Å². The molecule has 18 heavy (non-hydrogen) atoms. The van der Waals surface area contributed by atoms with E-state index in [2.05, 4.69) is 18.5 Å². The molecular weight excluding hydrogens is 267 g/mol. The van der Waals surface area contributed by atoms with Crippen molar-refractivity contribution in [2.45, 2.75) is 6.92 Å². The van der Waals surface area contributed by atoms with Crippen LogP contribution >= 0.6 is 7.82 Å². The van der Waals surface area contributed by atoms with E-state index in [0.29, 0.717) is 0 Å². The molecule has 0 aliphatic carbocycles. The quantitative estimate of drug-likeness (QED) is 0.178. The Morgan fingerprint density at radius 2 is 1.28 bits per heavy atom. The molecule has 0 fully saturated rings.